The number of rotatable bonds is 10. The summed E-state index contributed by atoms with van der Waals surface area (Å²) in [5, 5.41) is 0. The van der Waals surface area contributed by atoms with Gasteiger partial charge >= 0.3 is 5.97 Å². The Morgan fingerprint density at radius 1 is 0.889 bits per heavy atom. The minimum Gasteiger partial charge on any atom is -0.466 e. The van der Waals surface area contributed by atoms with Crippen LogP contribution in [0.15, 0.2) is 0 Å². The van der Waals surface area contributed by atoms with E-state index in [4.69, 9.17) is 4.74 Å². The lowest BCUT2D eigenvalue weighted by Gasteiger charge is -2.01. The molecule has 0 atom stereocenters. The van der Waals surface area contributed by atoms with Crippen LogP contribution in [0, 0.1) is 11.8 Å². The predicted octanol–water partition coefficient (Wildman–Crippen LogP) is 4.47. The Kier molecular flexibility index (Phi) is 13.3. The topological polar surface area (TPSA) is 26.3 Å². The van der Waals surface area contributed by atoms with Gasteiger partial charge in [-0.25, -0.2) is 0 Å². The van der Waals surface area contributed by atoms with Crippen LogP contribution in [0.2, 0.25) is 0 Å². The first-order valence-electron chi connectivity index (χ1n) is 7.36. The summed E-state index contributed by atoms with van der Waals surface area (Å²) in [6.45, 7) is 4.24. The van der Waals surface area contributed by atoms with E-state index in [-0.39, 0.29) is 5.97 Å². The monoisotopic (exact) mass is 252 g/mol. The van der Waals surface area contributed by atoms with Gasteiger partial charge in [-0.05, 0) is 19.3 Å². The van der Waals surface area contributed by atoms with E-state index in [1.807, 2.05) is 0 Å². The molecule has 0 saturated carbocycles. The van der Waals surface area contributed by atoms with Crippen molar-refractivity contribution >= 4 is 5.97 Å². The molecular weight excluding hydrogens is 224 g/mol. The summed E-state index contributed by atoms with van der Waals surface area (Å²) < 4.78 is 4.88. The summed E-state index contributed by atoms with van der Waals surface area (Å²) in [6, 6.07) is 0. The molecule has 18 heavy (non-hydrogen) atoms. The van der Waals surface area contributed by atoms with Crippen molar-refractivity contribution < 1.29 is 9.53 Å². The first kappa shape index (κ1) is 17.0. The molecule has 2 nitrogen and oxygen atoms in total. The molecule has 0 rings (SSSR count). The highest BCUT2D eigenvalue weighted by atomic mass is 16.5. The lowest BCUT2D eigenvalue weighted by atomic mass is 10.1. The number of ether oxygens (including phenoxy) is 1. The molecule has 0 heterocycles. The van der Waals surface area contributed by atoms with Crippen molar-refractivity contribution in [2.45, 2.75) is 78.1 Å². The molecule has 0 aliphatic rings. The van der Waals surface area contributed by atoms with Crippen LogP contribution in [0.3, 0.4) is 0 Å². The quantitative estimate of drug-likeness (QED) is 0.326. The summed E-state index contributed by atoms with van der Waals surface area (Å²) in [5.41, 5.74) is 0. The third-order valence-corrected chi connectivity index (χ3v) is 2.78. The van der Waals surface area contributed by atoms with Gasteiger partial charge in [0.1, 0.15) is 0 Å². The van der Waals surface area contributed by atoms with Crippen molar-refractivity contribution in [1.29, 1.82) is 0 Å². The maximum Gasteiger partial charge on any atom is 0.302 e. The Bertz CT molecular complexity index is 248. The number of esters is 1. The molecule has 2 heteroatoms. The maximum absolute atomic E-state index is 10.5. The second-order valence-electron chi connectivity index (χ2n) is 4.67. The number of carbonyl (C=O) groups excluding carboxylic acids is 1. The Labute approximate surface area is 112 Å². The zero-order valence-corrected chi connectivity index (χ0v) is 12.1. The van der Waals surface area contributed by atoms with E-state index in [0.29, 0.717) is 6.61 Å². The fraction of sp³-hybridized carbons (Fsp3) is 0.812. The van der Waals surface area contributed by atoms with Crippen LogP contribution in [0.25, 0.3) is 0 Å². The molecule has 0 unspecified atom stereocenters. The van der Waals surface area contributed by atoms with Gasteiger partial charge in [0.25, 0.3) is 0 Å². The SMILES string of the molecule is CCCCC#CCCCCCCCCOC(C)=O. The molecule has 0 aliphatic carbocycles. The summed E-state index contributed by atoms with van der Waals surface area (Å²) in [7, 11) is 0. The Hall–Kier alpha value is -0.970. The van der Waals surface area contributed by atoms with Crippen LogP contribution >= 0.6 is 0 Å². The summed E-state index contributed by atoms with van der Waals surface area (Å²) >= 11 is 0. The van der Waals surface area contributed by atoms with Gasteiger partial charge in [-0.3, -0.25) is 4.79 Å². The van der Waals surface area contributed by atoms with Crippen LogP contribution in [0.1, 0.15) is 78.1 Å². The smallest absolute Gasteiger partial charge is 0.302 e. The number of unbranched alkanes of at least 4 members (excludes halogenated alkanes) is 8. The molecule has 0 aliphatic heterocycles. The molecule has 0 amide bonds. The molecule has 0 spiro atoms. The van der Waals surface area contributed by atoms with Gasteiger partial charge in [0.2, 0.25) is 0 Å². The summed E-state index contributed by atoms with van der Waals surface area (Å²) in [6.07, 6.45) is 11.8. The summed E-state index contributed by atoms with van der Waals surface area (Å²) in [4.78, 5) is 10.5. The van der Waals surface area contributed by atoms with E-state index in [0.717, 1.165) is 25.7 Å². The van der Waals surface area contributed by atoms with Crippen molar-refractivity contribution in [3.8, 4) is 11.8 Å². The third-order valence-electron chi connectivity index (χ3n) is 2.78. The van der Waals surface area contributed by atoms with Crippen molar-refractivity contribution in [3.63, 3.8) is 0 Å². The third kappa shape index (κ3) is 15.0. The molecule has 0 N–H and O–H groups in total. The second kappa shape index (κ2) is 14.1. The van der Waals surface area contributed by atoms with Crippen molar-refractivity contribution in [1.82, 2.24) is 0 Å². The van der Waals surface area contributed by atoms with Crippen LogP contribution in [0.5, 0.6) is 0 Å². The molecule has 0 aromatic carbocycles. The standard InChI is InChI=1S/C16H28O2/c1-3-4-5-6-7-8-9-10-11-12-13-14-15-18-16(2)17/h3-5,8-15H2,1-2H3. The molecule has 104 valence electrons. The van der Waals surface area contributed by atoms with E-state index in [1.54, 1.807) is 0 Å². The first-order valence-corrected chi connectivity index (χ1v) is 7.36. The van der Waals surface area contributed by atoms with E-state index in [9.17, 15) is 4.79 Å². The Morgan fingerprint density at radius 3 is 2.06 bits per heavy atom. The van der Waals surface area contributed by atoms with Crippen LogP contribution in [0.4, 0.5) is 0 Å². The first-order chi connectivity index (χ1) is 8.77. The molecule has 0 fully saturated rings. The number of carbonyl (C=O) groups is 1. The molecule has 0 radical (unpaired) electrons. The fourth-order valence-corrected chi connectivity index (χ4v) is 1.68. The minimum absolute atomic E-state index is 0.170. The van der Waals surface area contributed by atoms with Crippen molar-refractivity contribution in [3.05, 3.63) is 0 Å². The zero-order valence-electron chi connectivity index (χ0n) is 12.1. The van der Waals surface area contributed by atoms with Gasteiger partial charge in [-0.1, -0.05) is 39.0 Å². The predicted molar refractivity (Wildman–Crippen MR) is 76.3 cm³/mol. The van der Waals surface area contributed by atoms with E-state index < -0.39 is 0 Å². The lowest BCUT2D eigenvalue weighted by molar-refractivity contribution is -0.141. The van der Waals surface area contributed by atoms with E-state index >= 15 is 0 Å². The summed E-state index contributed by atoms with van der Waals surface area (Å²) in [5.74, 6) is 6.28. The van der Waals surface area contributed by atoms with Crippen LogP contribution in [-0.4, -0.2) is 12.6 Å². The molecule has 0 saturated heterocycles. The normalized spacial score (nSPS) is 9.67. The van der Waals surface area contributed by atoms with Crippen molar-refractivity contribution in [2.75, 3.05) is 6.61 Å². The second-order valence-corrected chi connectivity index (χ2v) is 4.67. The van der Waals surface area contributed by atoms with Gasteiger partial charge in [0.15, 0.2) is 0 Å². The van der Waals surface area contributed by atoms with Crippen LogP contribution in [-0.2, 0) is 9.53 Å². The fourth-order valence-electron chi connectivity index (χ4n) is 1.68. The van der Waals surface area contributed by atoms with Gasteiger partial charge < -0.3 is 4.74 Å². The Balaban J connectivity index is 3.06. The molecule has 0 bridgehead atoms. The van der Waals surface area contributed by atoms with Gasteiger partial charge in [-0.2, -0.15) is 0 Å². The maximum atomic E-state index is 10.5. The average molecular weight is 252 g/mol. The van der Waals surface area contributed by atoms with Gasteiger partial charge in [0, 0.05) is 19.8 Å². The molecule has 0 aromatic rings. The minimum atomic E-state index is -0.170. The highest BCUT2D eigenvalue weighted by Crippen LogP contribution is 2.07. The number of hydrogen-bond donors (Lipinski definition) is 0. The molecule has 0 aromatic heterocycles. The largest absolute Gasteiger partial charge is 0.466 e. The van der Waals surface area contributed by atoms with E-state index in [1.165, 1.54) is 45.4 Å². The highest BCUT2D eigenvalue weighted by molar-refractivity contribution is 5.65. The van der Waals surface area contributed by atoms with Crippen LogP contribution < -0.4 is 0 Å². The van der Waals surface area contributed by atoms with Gasteiger partial charge in [0.05, 0.1) is 6.61 Å². The lowest BCUT2D eigenvalue weighted by Crippen LogP contribution is -1.99. The highest BCUT2D eigenvalue weighted by Gasteiger charge is 1.93. The zero-order chi connectivity index (χ0) is 13.5. The van der Waals surface area contributed by atoms with Crippen molar-refractivity contribution in [2.24, 2.45) is 0 Å². The Morgan fingerprint density at radius 2 is 1.44 bits per heavy atom. The van der Waals surface area contributed by atoms with E-state index in [2.05, 4.69) is 18.8 Å². The average Bonchev–Trinajstić information content (AvgIpc) is 2.34. The molecular formula is C16H28O2. The van der Waals surface area contributed by atoms with Gasteiger partial charge in [-0.15, -0.1) is 11.8 Å². The number of hydrogen-bond acceptors (Lipinski definition) is 2.